The van der Waals surface area contributed by atoms with Gasteiger partial charge in [-0.25, -0.2) is 15.0 Å². The normalized spacial score (nSPS) is 10.7. The van der Waals surface area contributed by atoms with Crippen molar-refractivity contribution in [3.8, 4) is 0 Å². The van der Waals surface area contributed by atoms with Crippen LogP contribution >= 0.6 is 11.8 Å². The smallest absolute Gasteiger partial charge is 0.194 e. The Morgan fingerprint density at radius 2 is 1.72 bits per heavy atom. The summed E-state index contributed by atoms with van der Waals surface area (Å²) in [6.45, 7) is 6.48. The lowest BCUT2D eigenvalue weighted by Gasteiger charge is -2.06. The second-order valence-electron chi connectivity index (χ2n) is 4.08. The molecule has 4 nitrogen and oxygen atoms in total. The van der Waals surface area contributed by atoms with Gasteiger partial charge in [-0.3, -0.25) is 0 Å². The van der Waals surface area contributed by atoms with Crippen molar-refractivity contribution in [3.05, 3.63) is 40.8 Å². The lowest BCUT2D eigenvalue weighted by molar-refractivity contribution is 0.874. The first kappa shape index (κ1) is 13.0. The number of aromatic nitrogens is 3. The standard InChI is InChI=1S/C13H16N4S/c1-8-9(2)15-13(16-10(8)3)18-12-6-4-5-11(7-14)17-12/h4-6H,7,14H2,1-3H3. The third kappa shape index (κ3) is 2.86. The largest absolute Gasteiger partial charge is 0.325 e. The van der Waals surface area contributed by atoms with Crippen LogP contribution in [0.5, 0.6) is 0 Å². The van der Waals surface area contributed by atoms with Crippen molar-refractivity contribution in [1.29, 1.82) is 0 Å². The van der Waals surface area contributed by atoms with Gasteiger partial charge in [-0.05, 0) is 50.2 Å². The maximum atomic E-state index is 5.58. The van der Waals surface area contributed by atoms with Crippen molar-refractivity contribution < 1.29 is 0 Å². The molecule has 0 saturated heterocycles. The molecule has 0 aliphatic heterocycles. The van der Waals surface area contributed by atoms with Gasteiger partial charge in [0.15, 0.2) is 5.16 Å². The highest BCUT2D eigenvalue weighted by Gasteiger charge is 2.07. The summed E-state index contributed by atoms with van der Waals surface area (Å²) in [5, 5.41) is 1.61. The molecule has 2 aromatic rings. The number of hydrogen-bond acceptors (Lipinski definition) is 5. The predicted octanol–water partition coefficient (Wildman–Crippen LogP) is 2.41. The number of hydrogen-bond donors (Lipinski definition) is 1. The fraction of sp³-hybridized carbons (Fsp3) is 0.308. The van der Waals surface area contributed by atoms with Crippen molar-refractivity contribution >= 4 is 11.8 Å². The highest BCUT2D eigenvalue weighted by Crippen LogP contribution is 2.24. The maximum Gasteiger partial charge on any atom is 0.194 e. The molecule has 2 heterocycles. The summed E-state index contributed by atoms with van der Waals surface area (Å²) >= 11 is 1.47. The minimum atomic E-state index is 0.446. The van der Waals surface area contributed by atoms with Crippen LogP contribution in [0.4, 0.5) is 0 Å². The van der Waals surface area contributed by atoms with Crippen LogP contribution in [0.1, 0.15) is 22.6 Å². The van der Waals surface area contributed by atoms with E-state index >= 15 is 0 Å². The van der Waals surface area contributed by atoms with E-state index < -0.39 is 0 Å². The van der Waals surface area contributed by atoms with Crippen LogP contribution in [0.15, 0.2) is 28.4 Å². The summed E-state index contributed by atoms with van der Waals surface area (Å²) in [4.78, 5) is 13.4. The van der Waals surface area contributed by atoms with Crippen molar-refractivity contribution in [2.75, 3.05) is 0 Å². The van der Waals surface area contributed by atoms with Gasteiger partial charge in [-0.1, -0.05) is 6.07 Å². The molecule has 0 aliphatic rings. The molecule has 0 amide bonds. The molecule has 0 aromatic carbocycles. The molecule has 0 unspecified atom stereocenters. The fourth-order valence-electron chi connectivity index (χ4n) is 1.51. The second-order valence-corrected chi connectivity index (χ2v) is 5.06. The summed E-state index contributed by atoms with van der Waals surface area (Å²) < 4.78 is 0. The van der Waals surface area contributed by atoms with E-state index in [9.17, 15) is 0 Å². The van der Waals surface area contributed by atoms with Gasteiger partial charge < -0.3 is 5.73 Å². The molecule has 2 N–H and O–H groups in total. The highest BCUT2D eigenvalue weighted by atomic mass is 32.2. The van der Waals surface area contributed by atoms with Crippen LogP contribution in [0.2, 0.25) is 0 Å². The third-order valence-corrected chi connectivity index (χ3v) is 3.60. The van der Waals surface area contributed by atoms with Gasteiger partial charge in [-0.2, -0.15) is 0 Å². The van der Waals surface area contributed by atoms with E-state index in [4.69, 9.17) is 5.73 Å². The molecule has 0 radical (unpaired) electrons. The van der Waals surface area contributed by atoms with E-state index in [1.165, 1.54) is 11.8 Å². The zero-order valence-corrected chi connectivity index (χ0v) is 11.6. The van der Waals surface area contributed by atoms with E-state index in [0.29, 0.717) is 6.54 Å². The summed E-state index contributed by atoms with van der Waals surface area (Å²) in [6, 6.07) is 5.81. The monoisotopic (exact) mass is 260 g/mol. The van der Waals surface area contributed by atoms with Gasteiger partial charge in [0.1, 0.15) is 5.03 Å². The van der Waals surface area contributed by atoms with Gasteiger partial charge in [0.05, 0.1) is 5.69 Å². The first-order valence-corrected chi connectivity index (χ1v) is 6.57. The number of pyridine rings is 1. The Bertz CT molecular complexity index is 546. The zero-order chi connectivity index (χ0) is 13.1. The lowest BCUT2D eigenvalue weighted by atomic mass is 10.2. The van der Waals surface area contributed by atoms with Crippen LogP contribution in [-0.4, -0.2) is 15.0 Å². The Morgan fingerprint density at radius 3 is 2.33 bits per heavy atom. The van der Waals surface area contributed by atoms with Crippen LogP contribution < -0.4 is 5.73 Å². The molecule has 0 fully saturated rings. The topological polar surface area (TPSA) is 64.7 Å². The van der Waals surface area contributed by atoms with Crippen molar-refractivity contribution in [2.24, 2.45) is 5.73 Å². The highest BCUT2D eigenvalue weighted by molar-refractivity contribution is 7.99. The average Bonchev–Trinajstić information content (AvgIpc) is 2.36. The Labute approximate surface area is 111 Å². The number of aryl methyl sites for hydroxylation is 2. The van der Waals surface area contributed by atoms with Crippen molar-refractivity contribution in [2.45, 2.75) is 37.5 Å². The first-order chi connectivity index (χ1) is 8.60. The van der Waals surface area contributed by atoms with Crippen LogP contribution in [0.25, 0.3) is 0 Å². The van der Waals surface area contributed by atoms with Gasteiger partial charge in [0.25, 0.3) is 0 Å². The predicted molar refractivity (Wildman–Crippen MR) is 72.5 cm³/mol. The summed E-state index contributed by atoms with van der Waals surface area (Å²) in [6.07, 6.45) is 0. The van der Waals surface area contributed by atoms with E-state index in [2.05, 4.69) is 15.0 Å². The van der Waals surface area contributed by atoms with Gasteiger partial charge in [0.2, 0.25) is 0 Å². The first-order valence-electron chi connectivity index (χ1n) is 5.76. The molecule has 0 aliphatic carbocycles. The molecule has 2 rings (SSSR count). The van der Waals surface area contributed by atoms with Gasteiger partial charge in [0, 0.05) is 17.9 Å². The molecule has 18 heavy (non-hydrogen) atoms. The summed E-state index contributed by atoms with van der Waals surface area (Å²) in [5.74, 6) is 0. The zero-order valence-electron chi connectivity index (χ0n) is 10.8. The minimum Gasteiger partial charge on any atom is -0.325 e. The molecule has 0 spiro atoms. The quantitative estimate of drug-likeness (QED) is 0.858. The van der Waals surface area contributed by atoms with Crippen molar-refractivity contribution in [3.63, 3.8) is 0 Å². The SMILES string of the molecule is Cc1nc(Sc2cccc(CN)n2)nc(C)c1C. The van der Waals surface area contributed by atoms with E-state index in [-0.39, 0.29) is 0 Å². The number of rotatable bonds is 3. The Balaban J connectivity index is 2.28. The summed E-state index contributed by atoms with van der Waals surface area (Å²) in [7, 11) is 0. The van der Waals surface area contributed by atoms with Gasteiger partial charge >= 0.3 is 0 Å². The van der Waals surface area contributed by atoms with E-state index in [0.717, 1.165) is 32.8 Å². The molecule has 94 valence electrons. The third-order valence-electron chi connectivity index (χ3n) is 2.80. The van der Waals surface area contributed by atoms with Crippen LogP contribution in [-0.2, 0) is 6.54 Å². The maximum absolute atomic E-state index is 5.58. The average molecular weight is 260 g/mol. The molecule has 0 atom stereocenters. The molecular weight excluding hydrogens is 244 g/mol. The van der Waals surface area contributed by atoms with Crippen LogP contribution in [0, 0.1) is 20.8 Å². The Hall–Kier alpha value is -1.46. The number of nitrogens with two attached hydrogens (primary N) is 1. The second kappa shape index (κ2) is 5.46. The fourth-order valence-corrected chi connectivity index (χ4v) is 2.37. The van der Waals surface area contributed by atoms with Crippen LogP contribution in [0.3, 0.4) is 0 Å². The molecule has 2 aromatic heterocycles. The van der Waals surface area contributed by atoms with E-state index in [1.807, 2.05) is 39.0 Å². The van der Waals surface area contributed by atoms with Crippen molar-refractivity contribution in [1.82, 2.24) is 15.0 Å². The molecule has 0 saturated carbocycles. The molecule has 5 heteroatoms. The Kier molecular flexibility index (Phi) is 3.93. The molecular formula is C13H16N4S. The lowest BCUT2D eigenvalue weighted by Crippen LogP contribution is -2.01. The van der Waals surface area contributed by atoms with Gasteiger partial charge in [-0.15, -0.1) is 0 Å². The molecule has 0 bridgehead atoms. The minimum absolute atomic E-state index is 0.446. The van der Waals surface area contributed by atoms with E-state index in [1.54, 1.807) is 0 Å². The summed E-state index contributed by atoms with van der Waals surface area (Å²) in [5.41, 5.74) is 9.62. The number of nitrogens with zero attached hydrogens (tertiary/aromatic N) is 3. The Morgan fingerprint density at radius 1 is 1.06 bits per heavy atom.